The van der Waals surface area contributed by atoms with Crippen LogP contribution in [0, 0.1) is 15.9 Å². The molecule has 0 saturated carbocycles. The average Bonchev–Trinajstić information content (AvgIpc) is 2.16. The smallest absolute Gasteiger partial charge is 0.216 e. The topological polar surface area (TPSA) is 43.1 Å². The van der Waals surface area contributed by atoms with Gasteiger partial charge in [-0.25, -0.2) is 4.39 Å². The molecule has 3 nitrogen and oxygen atoms in total. The monoisotopic (exact) mass is 197 g/mol. The summed E-state index contributed by atoms with van der Waals surface area (Å²) < 4.78 is 12.5. The highest BCUT2D eigenvalue weighted by Crippen LogP contribution is 2.09. The Kier molecular flexibility index (Phi) is 3.56. The summed E-state index contributed by atoms with van der Waals surface area (Å²) in [6.07, 6.45) is 0.855. The second-order valence-electron chi connectivity index (χ2n) is 3.18. The summed E-state index contributed by atoms with van der Waals surface area (Å²) in [6, 6.07) is 5.24. The molecule has 0 aromatic heterocycles. The lowest BCUT2D eigenvalue weighted by atomic mass is 10.0. The van der Waals surface area contributed by atoms with Crippen LogP contribution < -0.4 is 0 Å². The average molecular weight is 197 g/mol. The number of nitrogens with zero attached hydrogens (tertiary/aromatic N) is 1. The fourth-order valence-corrected chi connectivity index (χ4v) is 1.26. The van der Waals surface area contributed by atoms with Crippen LogP contribution in [0.1, 0.15) is 18.9 Å². The Morgan fingerprint density at radius 1 is 1.43 bits per heavy atom. The van der Waals surface area contributed by atoms with Crippen molar-refractivity contribution in [1.82, 2.24) is 0 Å². The van der Waals surface area contributed by atoms with Crippen LogP contribution >= 0.6 is 0 Å². The van der Waals surface area contributed by atoms with Gasteiger partial charge in [0.25, 0.3) is 0 Å². The SMILES string of the molecule is CCC(Cc1ccc(F)cc1)[N+](=O)[O-]. The molecule has 0 fully saturated rings. The van der Waals surface area contributed by atoms with Crippen LogP contribution in [0.2, 0.25) is 0 Å². The zero-order chi connectivity index (χ0) is 10.6. The second-order valence-corrected chi connectivity index (χ2v) is 3.18. The van der Waals surface area contributed by atoms with Crippen molar-refractivity contribution in [3.8, 4) is 0 Å². The molecule has 0 radical (unpaired) electrons. The standard InChI is InChI=1S/C10H12FNO2/c1-2-10(12(13)14)7-8-3-5-9(11)6-4-8/h3-6,10H,2,7H2,1H3. The lowest BCUT2D eigenvalue weighted by molar-refractivity contribution is -0.522. The molecule has 76 valence electrons. The highest BCUT2D eigenvalue weighted by atomic mass is 19.1. The van der Waals surface area contributed by atoms with Gasteiger partial charge >= 0.3 is 0 Å². The summed E-state index contributed by atoms with van der Waals surface area (Å²) >= 11 is 0. The Balaban J connectivity index is 2.67. The molecule has 0 bridgehead atoms. The van der Waals surface area contributed by atoms with Crippen LogP contribution in [-0.2, 0) is 6.42 Å². The van der Waals surface area contributed by atoms with Crippen molar-refractivity contribution < 1.29 is 9.31 Å². The third-order valence-electron chi connectivity index (χ3n) is 2.15. The molecule has 1 atom stereocenters. The lowest BCUT2D eigenvalue weighted by Crippen LogP contribution is -2.20. The largest absolute Gasteiger partial charge is 0.264 e. The number of halogens is 1. The molecule has 0 aliphatic carbocycles. The Bertz CT molecular complexity index is 310. The first-order valence-corrected chi connectivity index (χ1v) is 4.51. The molecule has 0 N–H and O–H groups in total. The van der Waals surface area contributed by atoms with Crippen LogP contribution in [0.15, 0.2) is 24.3 Å². The van der Waals surface area contributed by atoms with E-state index in [9.17, 15) is 14.5 Å². The Morgan fingerprint density at radius 2 is 2.00 bits per heavy atom. The molecule has 0 spiro atoms. The molecular formula is C10H12FNO2. The van der Waals surface area contributed by atoms with Gasteiger partial charge in [0, 0.05) is 17.8 Å². The fraction of sp³-hybridized carbons (Fsp3) is 0.400. The van der Waals surface area contributed by atoms with E-state index in [1.165, 1.54) is 12.1 Å². The first-order chi connectivity index (χ1) is 6.63. The third-order valence-corrected chi connectivity index (χ3v) is 2.15. The van der Waals surface area contributed by atoms with E-state index in [0.717, 1.165) is 5.56 Å². The maximum Gasteiger partial charge on any atom is 0.216 e. The van der Waals surface area contributed by atoms with Crippen molar-refractivity contribution in [2.75, 3.05) is 0 Å². The van der Waals surface area contributed by atoms with Gasteiger partial charge in [-0.05, 0) is 17.7 Å². The number of hydrogen-bond donors (Lipinski definition) is 0. The molecule has 1 rings (SSSR count). The summed E-state index contributed by atoms with van der Waals surface area (Å²) in [5.41, 5.74) is 0.801. The Morgan fingerprint density at radius 3 is 2.43 bits per heavy atom. The Hall–Kier alpha value is -1.45. The van der Waals surface area contributed by atoms with Gasteiger partial charge in [-0.3, -0.25) is 10.1 Å². The normalized spacial score (nSPS) is 12.4. The van der Waals surface area contributed by atoms with Crippen molar-refractivity contribution in [2.45, 2.75) is 25.8 Å². The molecular weight excluding hydrogens is 185 g/mol. The molecule has 0 saturated heterocycles. The van der Waals surface area contributed by atoms with E-state index >= 15 is 0 Å². The second kappa shape index (κ2) is 4.69. The van der Waals surface area contributed by atoms with Gasteiger partial charge in [-0.1, -0.05) is 19.1 Å². The van der Waals surface area contributed by atoms with Crippen molar-refractivity contribution in [1.29, 1.82) is 0 Å². The van der Waals surface area contributed by atoms with Gasteiger partial charge in [0.2, 0.25) is 6.04 Å². The van der Waals surface area contributed by atoms with Crippen LogP contribution in [-0.4, -0.2) is 11.0 Å². The third kappa shape index (κ3) is 2.80. The number of benzene rings is 1. The fourth-order valence-electron chi connectivity index (χ4n) is 1.26. The molecule has 0 aliphatic heterocycles. The van der Waals surface area contributed by atoms with Gasteiger partial charge in [-0.2, -0.15) is 0 Å². The highest BCUT2D eigenvalue weighted by Gasteiger charge is 2.17. The Labute approximate surface area is 81.7 Å². The minimum absolute atomic E-state index is 0.288. The minimum Gasteiger partial charge on any atom is -0.264 e. The molecule has 0 amide bonds. The van der Waals surface area contributed by atoms with Gasteiger partial charge in [0.05, 0.1) is 0 Å². The predicted octanol–water partition coefficient (Wildman–Crippen LogP) is 2.42. The molecule has 4 heteroatoms. The van der Waals surface area contributed by atoms with Crippen LogP contribution in [0.25, 0.3) is 0 Å². The van der Waals surface area contributed by atoms with Crippen molar-refractivity contribution in [3.63, 3.8) is 0 Å². The van der Waals surface area contributed by atoms with Crippen LogP contribution in [0.3, 0.4) is 0 Å². The van der Waals surface area contributed by atoms with Gasteiger partial charge in [0.1, 0.15) is 5.82 Å². The van der Waals surface area contributed by atoms with Crippen molar-refractivity contribution in [2.24, 2.45) is 0 Å². The van der Waals surface area contributed by atoms with E-state index in [1.807, 2.05) is 0 Å². The number of nitro groups is 1. The summed E-state index contributed by atoms with van der Waals surface area (Å²) in [5, 5.41) is 10.5. The predicted molar refractivity (Wildman–Crippen MR) is 51.2 cm³/mol. The van der Waals surface area contributed by atoms with Gasteiger partial charge < -0.3 is 0 Å². The highest BCUT2D eigenvalue weighted by molar-refractivity contribution is 5.16. The lowest BCUT2D eigenvalue weighted by Gasteiger charge is -2.06. The van der Waals surface area contributed by atoms with E-state index in [1.54, 1.807) is 19.1 Å². The first kappa shape index (κ1) is 10.6. The number of rotatable bonds is 4. The maximum atomic E-state index is 12.5. The molecule has 14 heavy (non-hydrogen) atoms. The summed E-state index contributed by atoms with van der Waals surface area (Å²) in [5.74, 6) is -0.317. The quantitative estimate of drug-likeness (QED) is 0.549. The van der Waals surface area contributed by atoms with E-state index in [-0.39, 0.29) is 10.7 Å². The molecule has 1 aromatic rings. The molecule has 0 aliphatic rings. The molecule has 0 heterocycles. The summed E-state index contributed by atoms with van der Waals surface area (Å²) in [6.45, 7) is 1.77. The minimum atomic E-state index is -0.569. The zero-order valence-electron chi connectivity index (χ0n) is 7.94. The van der Waals surface area contributed by atoms with Crippen LogP contribution in [0.4, 0.5) is 4.39 Å². The molecule has 1 unspecified atom stereocenters. The van der Waals surface area contributed by atoms with E-state index in [4.69, 9.17) is 0 Å². The maximum absolute atomic E-state index is 12.5. The zero-order valence-corrected chi connectivity index (χ0v) is 7.94. The summed E-state index contributed by atoms with van der Waals surface area (Å²) in [4.78, 5) is 10.2. The van der Waals surface area contributed by atoms with Gasteiger partial charge in [0.15, 0.2) is 0 Å². The van der Waals surface area contributed by atoms with Crippen molar-refractivity contribution >= 4 is 0 Å². The van der Waals surface area contributed by atoms with Gasteiger partial charge in [-0.15, -0.1) is 0 Å². The van der Waals surface area contributed by atoms with E-state index in [0.29, 0.717) is 12.8 Å². The van der Waals surface area contributed by atoms with Crippen LogP contribution in [0.5, 0.6) is 0 Å². The van der Waals surface area contributed by atoms with E-state index < -0.39 is 6.04 Å². The van der Waals surface area contributed by atoms with E-state index in [2.05, 4.69) is 0 Å². The number of hydrogen-bond acceptors (Lipinski definition) is 2. The first-order valence-electron chi connectivity index (χ1n) is 4.51. The molecule has 1 aromatic carbocycles. The summed E-state index contributed by atoms with van der Waals surface area (Å²) in [7, 11) is 0. The van der Waals surface area contributed by atoms with Crippen molar-refractivity contribution in [3.05, 3.63) is 45.8 Å².